The largest absolute Gasteiger partial charge is 0.494 e. The van der Waals surface area contributed by atoms with Gasteiger partial charge < -0.3 is 15.2 Å². The van der Waals surface area contributed by atoms with E-state index >= 15 is 0 Å². The maximum absolute atomic E-state index is 11.4. The number of benzene rings is 1. The van der Waals surface area contributed by atoms with Gasteiger partial charge in [0.2, 0.25) is 5.91 Å². The maximum Gasteiger partial charge on any atom is 0.325 e. The number of ether oxygens (including phenoxy) is 1. The Morgan fingerprint density at radius 3 is 2.53 bits per heavy atom. The second-order valence-electron chi connectivity index (χ2n) is 3.90. The van der Waals surface area contributed by atoms with Crippen molar-refractivity contribution in [3.05, 3.63) is 35.9 Å². The molecule has 0 aliphatic carbocycles. The van der Waals surface area contributed by atoms with Gasteiger partial charge in [0.1, 0.15) is 11.8 Å². The number of carboxylic acids is 1. The summed E-state index contributed by atoms with van der Waals surface area (Å²) in [5, 5.41) is 11.0. The van der Waals surface area contributed by atoms with Gasteiger partial charge in [-0.15, -0.1) is 0 Å². The molecule has 1 aromatic rings. The monoisotopic (exact) mass is 263 g/mol. The third kappa shape index (κ3) is 5.25. The van der Waals surface area contributed by atoms with E-state index in [9.17, 15) is 9.59 Å². The van der Waals surface area contributed by atoms with Crippen molar-refractivity contribution in [1.82, 2.24) is 5.32 Å². The quantitative estimate of drug-likeness (QED) is 0.766. The van der Waals surface area contributed by atoms with E-state index in [1.807, 2.05) is 19.1 Å². The van der Waals surface area contributed by atoms with Crippen LogP contribution in [0.25, 0.3) is 6.08 Å². The summed E-state index contributed by atoms with van der Waals surface area (Å²) in [4.78, 5) is 22.0. The molecule has 1 amide bonds. The number of amides is 1. The Morgan fingerprint density at radius 2 is 2.00 bits per heavy atom. The standard InChI is InChI=1S/C14H17NO4/c1-3-19-12-7-4-11(5-8-12)6-9-13(16)15-10(2)14(17)18/h4-10H,3H2,1-2H3,(H,15,16)(H,17,18)/b9-6+. The Labute approximate surface area is 111 Å². The van der Waals surface area contributed by atoms with Gasteiger partial charge in [0.05, 0.1) is 6.61 Å². The van der Waals surface area contributed by atoms with Crippen LogP contribution < -0.4 is 10.1 Å². The Kier molecular flexibility index (Phi) is 5.60. The summed E-state index contributed by atoms with van der Waals surface area (Å²) in [5.74, 6) is -0.741. The van der Waals surface area contributed by atoms with Gasteiger partial charge in [0, 0.05) is 6.08 Å². The van der Waals surface area contributed by atoms with E-state index in [0.29, 0.717) is 6.61 Å². The van der Waals surface area contributed by atoms with Crippen LogP contribution in [0.2, 0.25) is 0 Å². The first-order valence-corrected chi connectivity index (χ1v) is 5.97. The van der Waals surface area contributed by atoms with Crippen LogP contribution in [-0.2, 0) is 9.59 Å². The van der Waals surface area contributed by atoms with Crippen molar-refractivity contribution < 1.29 is 19.4 Å². The molecule has 0 saturated carbocycles. The fraction of sp³-hybridized carbons (Fsp3) is 0.286. The van der Waals surface area contributed by atoms with Crippen molar-refractivity contribution >= 4 is 18.0 Å². The third-order valence-electron chi connectivity index (χ3n) is 2.35. The zero-order valence-corrected chi connectivity index (χ0v) is 10.9. The summed E-state index contributed by atoms with van der Waals surface area (Å²) in [6, 6.07) is 6.34. The van der Waals surface area contributed by atoms with Crippen molar-refractivity contribution in [1.29, 1.82) is 0 Å². The summed E-state index contributed by atoms with van der Waals surface area (Å²) in [5.41, 5.74) is 0.835. The Hall–Kier alpha value is -2.30. The zero-order chi connectivity index (χ0) is 14.3. The summed E-state index contributed by atoms with van der Waals surface area (Å²) in [7, 11) is 0. The van der Waals surface area contributed by atoms with Crippen LogP contribution in [0.5, 0.6) is 5.75 Å². The van der Waals surface area contributed by atoms with Crippen molar-refractivity contribution in [3.8, 4) is 5.75 Å². The molecule has 1 unspecified atom stereocenters. The predicted molar refractivity (Wildman–Crippen MR) is 71.9 cm³/mol. The SMILES string of the molecule is CCOc1ccc(/C=C/C(=O)NC(C)C(=O)O)cc1. The highest BCUT2D eigenvalue weighted by molar-refractivity contribution is 5.94. The number of aliphatic carboxylic acids is 1. The molecule has 2 N–H and O–H groups in total. The van der Waals surface area contributed by atoms with Gasteiger partial charge in [-0.3, -0.25) is 9.59 Å². The van der Waals surface area contributed by atoms with Crippen LogP contribution in [-0.4, -0.2) is 29.6 Å². The molecule has 1 atom stereocenters. The fourth-order valence-corrected chi connectivity index (χ4v) is 1.34. The van der Waals surface area contributed by atoms with Crippen LogP contribution in [0.3, 0.4) is 0 Å². The molecule has 5 heteroatoms. The van der Waals surface area contributed by atoms with Crippen LogP contribution in [0.4, 0.5) is 0 Å². The fourth-order valence-electron chi connectivity index (χ4n) is 1.34. The van der Waals surface area contributed by atoms with Crippen molar-refractivity contribution in [2.75, 3.05) is 6.61 Å². The lowest BCUT2D eigenvalue weighted by Gasteiger charge is -2.06. The average molecular weight is 263 g/mol. The minimum absolute atomic E-state index is 0.441. The number of carbonyl (C=O) groups is 2. The lowest BCUT2D eigenvalue weighted by molar-refractivity contribution is -0.140. The normalized spacial score (nSPS) is 12.1. The summed E-state index contributed by atoms with van der Waals surface area (Å²) < 4.78 is 5.30. The Bertz CT molecular complexity index is 465. The van der Waals surface area contributed by atoms with Gasteiger partial charge in [0.15, 0.2) is 0 Å². The van der Waals surface area contributed by atoms with E-state index in [1.165, 1.54) is 13.0 Å². The van der Waals surface area contributed by atoms with Crippen LogP contribution in [0.1, 0.15) is 19.4 Å². The number of carboxylic acid groups (broad SMARTS) is 1. The summed E-state index contributed by atoms with van der Waals surface area (Å²) >= 11 is 0. The minimum atomic E-state index is -1.07. The molecule has 0 bridgehead atoms. The zero-order valence-electron chi connectivity index (χ0n) is 10.9. The molecule has 102 valence electrons. The maximum atomic E-state index is 11.4. The summed E-state index contributed by atoms with van der Waals surface area (Å²) in [6.07, 6.45) is 2.91. The molecule has 0 radical (unpaired) electrons. The third-order valence-corrected chi connectivity index (χ3v) is 2.35. The number of hydrogen-bond acceptors (Lipinski definition) is 3. The van der Waals surface area contributed by atoms with E-state index in [4.69, 9.17) is 9.84 Å². The van der Waals surface area contributed by atoms with E-state index in [1.54, 1.807) is 18.2 Å². The van der Waals surface area contributed by atoms with Crippen LogP contribution in [0, 0.1) is 0 Å². The highest BCUT2D eigenvalue weighted by atomic mass is 16.5. The second kappa shape index (κ2) is 7.20. The lowest BCUT2D eigenvalue weighted by Crippen LogP contribution is -2.37. The molecular weight excluding hydrogens is 246 g/mol. The highest BCUT2D eigenvalue weighted by Gasteiger charge is 2.11. The smallest absolute Gasteiger partial charge is 0.325 e. The first-order valence-electron chi connectivity index (χ1n) is 5.97. The van der Waals surface area contributed by atoms with Crippen molar-refractivity contribution in [3.63, 3.8) is 0 Å². The first kappa shape index (κ1) is 14.8. The first-order chi connectivity index (χ1) is 9.02. The van der Waals surface area contributed by atoms with Crippen molar-refractivity contribution in [2.45, 2.75) is 19.9 Å². The molecule has 0 aromatic heterocycles. The lowest BCUT2D eigenvalue weighted by atomic mass is 10.2. The van der Waals surface area contributed by atoms with Gasteiger partial charge in [-0.25, -0.2) is 0 Å². The van der Waals surface area contributed by atoms with E-state index < -0.39 is 17.9 Å². The average Bonchev–Trinajstić information content (AvgIpc) is 2.38. The van der Waals surface area contributed by atoms with E-state index in [2.05, 4.69) is 5.32 Å². The molecule has 5 nitrogen and oxygen atoms in total. The molecule has 19 heavy (non-hydrogen) atoms. The minimum Gasteiger partial charge on any atom is -0.494 e. The number of hydrogen-bond donors (Lipinski definition) is 2. The van der Waals surface area contributed by atoms with Crippen molar-refractivity contribution in [2.24, 2.45) is 0 Å². The number of nitrogens with one attached hydrogen (secondary N) is 1. The summed E-state index contributed by atoms with van der Waals surface area (Å²) in [6.45, 7) is 3.91. The molecule has 0 spiro atoms. The van der Waals surface area contributed by atoms with Gasteiger partial charge in [-0.05, 0) is 37.6 Å². The number of carbonyl (C=O) groups excluding carboxylic acids is 1. The van der Waals surface area contributed by atoms with Gasteiger partial charge in [0.25, 0.3) is 0 Å². The van der Waals surface area contributed by atoms with Gasteiger partial charge in [-0.2, -0.15) is 0 Å². The Balaban J connectivity index is 2.56. The molecule has 1 rings (SSSR count). The second-order valence-corrected chi connectivity index (χ2v) is 3.90. The van der Waals surface area contributed by atoms with Crippen LogP contribution >= 0.6 is 0 Å². The molecule has 0 fully saturated rings. The van der Waals surface area contributed by atoms with Gasteiger partial charge in [-0.1, -0.05) is 12.1 Å². The molecule has 0 heterocycles. The molecule has 1 aromatic carbocycles. The van der Waals surface area contributed by atoms with Crippen LogP contribution in [0.15, 0.2) is 30.3 Å². The number of rotatable bonds is 6. The molecule has 0 aliphatic rings. The molecular formula is C14H17NO4. The molecule has 0 aliphatic heterocycles. The Morgan fingerprint density at radius 1 is 1.37 bits per heavy atom. The predicted octanol–water partition coefficient (Wildman–Crippen LogP) is 1.69. The van der Waals surface area contributed by atoms with E-state index in [0.717, 1.165) is 11.3 Å². The van der Waals surface area contributed by atoms with Gasteiger partial charge >= 0.3 is 5.97 Å². The molecule has 0 saturated heterocycles. The topological polar surface area (TPSA) is 75.6 Å². The van der Waals surface area contributed by atoms with E-state index in [-0.39, 0.29) is 0 Å². The highest BCUT2D eigenvalue weighted by Crippen LogP contribution is 2.12.